The van der Waals surface area contributed by atoms with Crippen LogP contribution in [0.2, 0.25) is 0 Å². The van der Waals surface area contributed by atoms with Crippen molar-refractivity contribution in [2.24, 2.45) is 0 Å². The molecule has 1 aliphatic rings. The highest BCUT2D eigenvalue weighted by molar-refractivity contribution is 5.78. The van der Waals surface area contributed by atoms with Gasteiger partial charge in [0, 0.05) is 38.5 Å². The quantitative estimate of drug-likeness (QED) is 0.717. The van der Waals surface area contributed by atoms with E-state index in [0.29, 0.717) is 17.8 Å². The molecule has 1 unspecified atom stereocenters. The summed E-state index contributed by atoms with van der Waals surface area (Å²) in [5.41, 5.74) is 1.93. The topological polar surface area (TPSA) is 81.0 Å². The van der Waals surface area contributed by atoms with Gasteiger partial charge in [0.05, 0.1) is 24.1 Å². The molecule has 27 heavy (non-hydrogen) atoms. The van der Waals surface area contributed by atoms with E-state index in [0.717, 1.165) is 42.8 Å². The van der Waals surface area contributed by atoms with Gasteiger partial charge in [-0.15, -0.1) is 0 Å². The molecule has 0 aromatic carbocycles. The molecule has 3 aromatic rings. The number of imidazole rings is 1. The van der Waals surface area contributed by atoms with Crippen molar-refractivity contribution in [1.29, 1.82) is 0 Å². The third-order valence-electron chi connectivity index (χ3n) is 4.76. The number of pyridine rings is 1. The molecule has 0 aliphatic carbocycles. The Kier molecular flexibility index (Phi) is 4.89. The predicted octanol–water partition coefficient (Wildman–Crippen LogP) is 3.16. The Morgan fingerprint density at radius 1 is 1.30 bits per heavy atom. The molecule has 1 fully saturated rings. The number of rotatable bonds is 6. The molecule has 1 N–H and O–H groups in total. The number of ether oxygens (including phenoxy) is 1. The number of fused-ring (bicyclic) bond motifs is 1. The third kappa shape index (κ3) is 3.85. The Bertz CT molecular complexity index is 917. The summed E-state index contributed by atoms with van der Waals surface area (Å²) >= 11 is 0. The summed E-state index contributed by atoms with van der Waals surface area (Å²) in [4.78, 5) is 19.9. The van der Waals surface area contributed by atoms with Gasteiger partial charge < -0.3 is 19.5 Å². The van der Waals surface area contributed by atoms with Crippen LogP contribution in [0.25, 0.3) is 11.0 Å². The smallest absolute Gasteiger partial charge is 0.227 e. The van der Waals surface area contributed by atoms with E-state index in [4.69, 9.17) is 4.74 Å². The number of aromatic nitrogens is 5. The largest absolute Gasteiger partial charge is 0.376 e. The first-order chi connectivity index (χ1) is 13.1. The Balaban J connectivity index is 1.52. The minimum atomic E-state index is 0.260. The van der Waals surface area contributed by atoms with Gasteiger partial charge in [-0.05, 0) is 32.8 Å². The number of hydrogen-bond acceptors (Lipinski definition) is 7. The molecule has 1 atom stereocenters. The minimum absolute atomic E-state index is 0.260. The zero-order valence-corrected chi connectivity index (χ0v) is 16.0. The first kappa shape index (κ1) is 17.7. The maximum Gasteiger partial charge on any atom is 0.227 e. The van der Waals surface area contributed by atoms with Gasteiger partial charge in [-0.25, -0.2) is 15.0 Å². The molecule has 1 saturated heterocycles. The van der Waals surface area contributed by atoms with Crippen molar-refractivity contribution >= 4 is 28.6 Å². The molecular formula is C19H25N7O. The zero-order chi connectivity index (χ0) is 18.8. The molecule has 0 amide bonds. The SMILES string of the molecule is CC(C)n1cnc2cnc(Nc3ccnc(N(C)CC4CCCO4)n3)cc21. The maximum absolute atomic E-state index is 5.70. The lowest BCUT2D eigenvalue weighted by molar-refractivity contribution is 0.116. The van der Waals surface area contributed by atoms with E-state index in [-0.39, 0.29) is 6.10 Å². The molecule has 8 nitrogen and oxygen atoms in total. The van der Waals surface area contributed by atoms with Gasteiger partial charge in [-0.3, -0.25) is 0 Å². The van der Waals surface area contributed by atoms with E-state index in [1.54, 1.807) is 12.4 Å². The van der Waals surface area contributed by atoms with Crippen LogP contribution < -0.4 is 10.2 Å². The lowest BCUT2D eigenvalue weighted by Gasteiger charge is -2.21. The van der Waals surface area contributed by atoms with Crippen molar-refractivity contribution in [2.75, 3.05) is 30.4 Å². The van der Waals surface area contributed by atoms with Crippen LogP contribution in [0.15, 0.2) is 30.9 Å². The highest BCUT2D eigenvalue weighted by atomic mass is 16.5. The van der Waals surface area contributed by atoms with E-state index >= 15 is 0 Å². The van der Waals surface area contributed by atoms with E-state index in [9.17, 15) is 0 Å². The Morgan fingerprint density at radius 3 is 2.96 bits per heavy atom. The molecular weight excluding hydrogens is 342 g/mol. The summed E-state index contributed by atoms with van der Waals surface area (Å²) in [6.07, 6.45) is 7.87. The molecule has 0 saturated carbocycles. The van der Waals surface area contributed by atoms with Gasteiger partial charge >= 0.3 is 0 Å². The second-order valence-electron chi connectivity index (χ2n) is 7.19. The molecule has 0 bridgehead atoms. The molecule has 0 spiro atoms. The van der Waals surface area contributed by atoms with Crippen LogP contribution in [0.1, 0.15) is 32.7 Å². The van der Waals surface area contributed by atoms with Gasteiger partial charge in [0.15, 0.2) is 0 Å². The fourth-order valence-electron chi connectivity index (χ4n) is 3.32. The molecule has 0 radical (unpaired) electrons. The van der Waals surface area contributed by atoms with E-state index in [1.807, 2.05) is 30.4 Å². The normalized spacial score (nSPS) is 17.0. The van der Waals surface area contributed by atoms with Crippen molar-refractivity contribution in [1.82, 2.24) is 24.5 Å². The fraction of sp³-hybridized carbons (Fsp3) is 0.474. The van der Waals surface area contributed by atoms with Crippen molar-refractivity contribution < 1.29 is 4.74 Å². The Morgan fingerprint density at radius 2 is 2.19 bits per heavy atom. The number of nitrogens with one attached hydrogen (secondary N) is 1. The Labute approximate surface area is 158 Å². The third-order valence-corrected chi connectivity index (χ3v) is 4.76. The summed E-state index contributed by atoms with van der Waals surface area (Å²) in [5, 5.41) is 3.28. The number of nitrogens with zero attached hydrogens (tertiary/aromatic N) is 6. The number of likely N-dealkylation sites (N-methyl/N-ethyl adjacent to an activating group) is 1. The maximum atomic E-state index is 5.70. The standard InChI is InChI=1S/C19H25N7O/c1-13(2)26-12-22-15-10-21-18(9-16(15)26)23-17-6-7-20-19(24-17)25(3)11-14-5-4-8-27-14/h6-7,9-10,12-14H,4-5,8,11H2,1-3H3,(H,20,21,23,24). The predicted molar refractivity (Wildman–Crippen MR) is 105 cm³/mol. The zero-order valence-electron chi connectivity index (χ0n) is 16.0. The lowest BCUT2D eigenvalue weighted by Crippen LogP contribution is -2.29. The molecule has 1 aliphatic heterocycles. The number of anilines is 3. The van der Waals surface area contributed by atoms with Crippen molar-refractivity contribution in [3.05, 3.63) is 30.9 Å². The van der Waals surface area contributed by atoms with Crippen LogP contribution in [-0.2, 0) is 4.74 Å². The van der Waals surface area contributed by atoms with Crippen LogP contribution >= 0.6 is 0 Å². The van der Waals surface area contributed by atoms with Crippen LogP contribution in [-0.4, -0.2) is 50.8 Å². The molecule has 4 rings (SSSR count). The van der Waals surface area contributed by atoms with E-state index < -0.39 is 0 Å². The van der Waals surface area contributed by atoms with Crippen molar-refractivity contribution in [3.8, 4) is 0 Å². The molecule has 142 valence electrons. The van der Waals surface area contributed by atoms with E-state index in [2.05, 4.69) is 43.7 Å². The van der Waals surface area contributed by atoms with Gasteiger partial charge in [0.2, 0.25) is 5.95 Å². The van der Waals surface area contributed by atoms with Crippen LogP contribution in [0, 0.1) is 0 Å². The fourth-order valence-corrected chi connectivity index (χ4v) is 3.32. The molecule has 3 aromatic heterocycles. The van der Waals surface area contributed by atoms with Crippen LogP contribution in [0.5, 0.6) is 0 Å². The molecule has 8 heteroatoms. The highest BCUT2D eigenvalue weighted by Gasteiger charge is 2.19. The second kappa shape index (κ2) is 7.48. The van der Waals surface area contributed by atoms with Crippen LogP contribution in [0.4, 0.5) is 17.6 Å². The second-order valence-corrected chi connectivity index (χ2v) is 7.19. The van der Waals surface area contributed by atoms with Crippen molar-refractivity contribution in [2.45, 2.75) is 38.8 Å². The van der Waals surface area contributed by atoms with Gasteiger partial charge in [0.1, 0.15) is 17.2 Å². The summed E-state index contributed by atoms with van der Waals surface area (Å²) in [6.45, 7) is 5.91. The lowest BCUT2D eigenvalue weighted by atomic mass is 10.2. The van der Waals surface area contributed by atoms with Gasteiger partial charge in [-0.1, -0.05) is 0 Å². The molecule has 4 heterocycles. The summed E-state index contributed by atoms with van der Waals surface area (Å²) in [7, 11) is 1.99. The minimum Gasteiger partial charge on any atom is -0.376 e. The van der Waals surface area contributed by atoms with E-state index in [1.165, 1.54) is 0 Å². The average Bonchev–Trinajstić information content (AvgIpc) is 3.31. The average molecular weight is 367 g/mol. The summed E-state index contributed by atoms with van der Waals surface area (Å²) in [6, 6.07) is 4.18. The van der Waals surface area contributed by atoms with Crippen LogP contribution in [0.3, 0.4) is 0 Å². The Hall–Kier alpha value is -2.74. The monoisotopic (exact) mass is 367 g/mol. The van der Waals surface area contributed by atoms with Crippen molar-refractivity contribution in [3.63, 3.8) is 0 Å². The first-order valence-electron chi connectivity index (χ1n) is 9.35. The number of hydrogen-bond donors (Lipinski definition) is 1. The first-order valence-corrected chi connectivity index (χ1v) is 9.35. The summed E-state index contributed by atoms with van der Waals surface area (Å²) in [5.74, 6) is 2.11. The van der Waals surface area contributed by atoms with Gasteiger partial charge in [0.25, 0.3) is 0 Å². The highest BCUT2D eigenvalue weighted by Crippen LogP contribution is 2.22. The van der Waals surface area contributed by atoms with Gasteiger partial charge in [-0.2, -0.15) is 4.98 Å². The summed E-state index contributed by atoms with van der Waals surface area (Å²) < 4.78 is 7.83.